The first-order valence-corrected chi connectivity index (χ1v) is 12.5. The molecule has 0 saturated carbocycles. The molecule has 0 aromatic heterocycles. The average molecular weight is 582 g/mol. The molecule has 0 unspecified atom stereocenters. The van der Waals surface area contributed by atoms with E-state index in [0.717, 1.165) is 29.5 Å². The van der Waals surface area contributed by atoms with Gasteiger partial charge in [0.15, 0.2) is 0 Å². The molecule has 0 spiro atoms. The summed E-state index contributed by atoms with van der Waals surface area (Å²) in [4.78, 5) is 0. The maximum Gasteiger partial charge on any atom is 0.123 e. The standard InChI is InChI=1S/C16H26O.C15H24O.ClH.Zr/c1-7-15(3,4)12-9-10-14(17)13(11-12)16(5,6)8-2;1-10-8-11(14(2,3)4)13(16)12(9-10)15(5,6)7;;/h9-11,17H,7-8H2,1-6H3;8-9,16H,1-7H3;1H;. The van der Waals surface area contributed by atoms with E-state index >= 15 is 0 Å². The number of hydrogen-bond donors (Lipinski definition) is 2. The Morgan fingerprint density at radius 3 is 1.37 bits per heavy atom. The summed E-state index contributed by atoms with van der Waals surface area (Å²) in [5.41, 5.74) is 5.85. The fourth-order valence-electron chi connectivity index (χ4n) is 3.82. The normalized spacial score (nSPS) is 12.1. The molecule has 2 aromatic carbocycles. The average Bonchev–Trinajstić information content (AvgIpc) is 2.68. The Kier molecular flexibility index (Phi) is 13.7. The third-order valence-corrected chi connectivity index (χ3v) is 7.15. The van der Waals surface area contributed by atoms with Crippen LogP contribution in [0.2, 0.25) is 0 Å². The second kappa shape index (κ2) is 13.1. The van der Waals surface area contributed by atoms with E-state index in [-0.39, 0.29) is 60.3 Å². The van der Waals surface area contributed by atoms with E-state index in [1.165, 1.54) is 11.1 Å². The van der Waals surface area contributed by atoms with Gasteiger partial charge in [0.05, 0.1) is 0 Å². The first kappa shape index (κ1) is 36.4. The number of aromatic hydroxyl groups is 2. The van der Waals surface area contributed by atoms with Gasteiger partial charge in [-0.2, -0.15) is 0 Å². The fraction of sp³-hybridized carbons (Fsp3) is 0.613. The quantitative estimate of drug-likeness (QED) is 0.377. The van der Waals surface area contributed by atoms with Gasteiger partial charge < -0.3 is 10.2 Å². The summed E-state index contributed by atoms with van der Waals surface area (Å²) in [6, 6.07) is 10.3. The smallest absolute Gasteiger partial charge is 0.123 e. The van der Waals surface area contributed by atoms with Crippen LogP contribution in [0.5, 0.6) is 11.5 Å². The monoisotopic (exact) mass is 580 g/mol. The third-order valence-electron chi connectivity index (χ3n) is 7.15. The van der Waals surface area contributed by atoms with Crippen molar-refractivity contribution in [3.8, 4) is 11.5 Å². The first-order chi connectivity index (χ1) is 14.8. The van der Waals surface area contributed by atoms with Gasteiger partial charge in [-0.15, -0.1) is 12.4 Å². The minimum absolute atomic E-state index is 0. The van der Waals surface area contributed by atoms with E-state index in [4.69, 9.17) is 0 Å². The SMILES string of the molecule is CCC(C)(C)c1ccc(O)c(C(C)(C)CC)c1.Cc1cc(C(C)(C)C)c(O)c(C(C)(C)C)c1.Cl.[Zr]. The van der Waals surface area contributed by atoms with E-state index in [0.29, 0.717) is 11.5 Å². The summed E-state index contributed by atoms with van der Waals surface area (Å²) in [6.07, 6.45) is 2.13. The number of rotatable bonds is 4. The first-order valence-electron chi connectivity index (χ1n) is 12.5. The summed E-state index contributed by atoms with van der Waals surface area (Å²) < 4.78 is 0. The Morgan fingerprint density at radius 2 is 1.03 bits per heavy atom. The Morgan fingerprint density at radius 1 is 0.629 bits per heavy atom. The summed E-state index contributed by atoms with van der Waals surface area (Å²) in [6.45, 7) is 28.1. The number of hydrogen-bond acceptors (Lipinski definition) is 2. The number of phenolic OH excluding ortho intramolecular Hbond substituents is 2. The van der Waals surface area contributed by atoms with Crippen LogP contribution >= 0.6 is 12.4 Å². The van der Waals surface area contributed by atoms with Crippen molar-refractivity contribution in [1.82, 2.24) is 0 Å². The minimum atomic E-state index is -0.0178. The van der Waals surface area contributed by atoms with Crippen LogP contribution in [0.4, 0.5) is 0 Å². The van der Waals surface area contributed by atoms with Crippen LogP contribution in [0.15, 0.2) is 30.3 Å². The molecular formula is C31H51ClO2Zr. The van der Waals surface area contributed by atoms with E-state index in [9.17, 15) is 10.2 Å². The van der Waals surface area contributed by atoms with Crippen molar-refractivity contribution in [3.63, 3.8) is 0 Å². The summed E-state index contributed by atoms with van der Waals surface area (Å²) in [5.74, 6) is 0.887. The Labute approximate surface area is 241 Å². The van der Waals surface area contributed by atoms with Crippen molar-refractivity contribution >= 4 is 12.4 Å². The molecular weight excluding hydrogens is 531 g/mol. The van der Waals surface area contributed by atoms with E-state index in [1.807, 2.05) is 12.1 Å². The van der Waals surface area contributed by atoms with Crippen LogP contribution < -0.4 is 0 Å². The van der Waals surface area contributed by atoms with Gasteiger partial charge in [-0.1, -0.05) is 113 Å². The van der Waals surface area contributed by atoms with Crippen LogP contribution in [0.3, 0.4) is 0 Å². The molecule has 2 nitrogen and oxygen atoms in total. The predicted molar refractivity (Wildman–Crippen MR) is 152 cm³/mol. The molecule has 2 aromatic rings. The van der Waals surface area contributed by atoms with E-state index in [2.05, 4.69) is 108 Å². The van der Waals surface area contributed by atoms with Crippen LogP contribution in [0.1, 0.15) is 124 Å². The largest absolute Gasteiger partial charge is 0.508 e. The molecule has 198 valence electrons. The van der Waals surface area contributed by atoms with Crippen molar-refractivity contribution < 1.29 is 36.4 Å². The van der Waals surface area contributed by atoms with Crippen LogP contribution in [-0.2, 0) is 47.9 Å². The van der Waals surface area contributed by atoms with Gasteiger partial charge in [0, 0.05) is 26.2 Å². The molecule has 0 saturated heterocycles. The molecule has 0 aliphatic heterocycles. The zero-order valence-electron chi connectivity index (χ0n) is 24.6. The molecule has 0 amide bonds. The van der Waals surface area contributed by atoms with Crippen LogP contribution in [0.25, 0.3) is 0 Å². The van der Waals surface area contributed by atoms with Crippen molar-refractivity contribution in [2.45, 2.75) is 125 Å². The van der Waals surface area contributed by atoms with E-state index < -0.39 is 0 Å². The van der Waals surface area contributed by atoms with Crippen molar-refractivity contribution in [2.24, 2.45) is 0 Å². The molecule has 0 aliphatic carbocycles. The second-order valence-electron chi connectivity index (χ2n) is 12.9. The molecule has 35 heavy (non-hydrogen) atoms. The van der Waals surface area contributed by atoms with Gasteiger partial charge in [0.25, 0.3) is 0 Å². The zero-order valence-corrected chi connectivity index (χ0v) is 27.9. The van der Waals surface area contributed by atoms with Gasteiger partial charge >= 0.3 is 0 Å². The van der Waals surface area contributed by atoms with Crippen molar-refractivity contribution in [1.29, 1.82) is 0 Å². The fourth-order valence-corrected chi connectivity index (χ4v) is 3.82. The molecule has 0 radical (unpaired) electrons. The molecule has 4 heteroatoms. The molecule has 0 atom stereocenters. The molecule has 0 bridgehead atoms. The summed E-state index contributed by atoms with van der Waals surface area (Å²) in [5, 5.41) is 20.4. The number of phenols is 2. The van der Waals surface area contributed by atoms with E-state index in [1.54, 1.807) is 0 Å². The maximum absolute atomic E-state index is 10.4. The van der Waals surface area contributed by atoms with Crippen molar-refractivity contribution in [2.75, 3.05) is 0 Å². The molecule has 2 rings (SSSR count). The number of halogens is 1. The zero-order chi connectivity index (χ0) is 26.0. The van der Waals surface area contributed by atoms with Gasteiger partial charge in [0.2, 0.25) is 0 Å². The third kappa shape index (κ3) is 9.55. The number of aryl methyl sites for hydroxylation is 1. The molecule has 2 N–H and O–H groups in total. The summed E-state index contributed by atoms with van der Waals surface area (Å²) >= 11 is 0. The topological polar surface area (TPSA) is 40.5 Å². The predicted octanol–water partition coefficient (Wildman–Crippen LogP) is 9.48. The molecule has 0 heterocycles. The van der Waals surface area contributed by atoms with Gasteiger partial charge in [0.1, 0.15) is 11.5 Å². The Bertz CT molecular complexity index is 912. The molecule has 0 fully saturated rings. The van der Waals surface area contributed by atoms with Crippen LogP contribution in [0, 0.1) is 6.92 Å². The Hall–Kier alpha value is -0.787. The molecule has 0 aliphatic rings. The van der Waals surface area contributed by atoms with Gasteiger partial charge in [-0.3, -0.25) is 0 Å². The Balaban J connectivity index is 0. The maximum atomic E-state index is 10.4. The van der Waals surface area contributed by atoms with Crippen molar-refractivity contribution in [3.05, 3.63) is 58.1 Å². The van der Waals surface area contributed by atoms with Gasteiger partial charge in [-0.05, 0) is 69.7 Å². The summed E-state index contributed by atoms with van der Waals surface area (Å²) in [7, 11) is 0. The number of benzene rings is 2. The minimum Gasteiger partial charge on any atom is -0.508 e. The second-order valence-corrected chi connectivity index (χ2v) is 12.9. The van der Waals surface area contributed by atoms with Gasteiger partial charge in [-0.25, -0.2) is 0 Å². The van der Waals surface area contributed by atoms with Crippen LogP contribution in [-0.4, -0.2) is 10.2 Å².